The van der Waals surface area contributed by atoms with Crippen molar-refractivity contribution in [1.29, 1.82) is 0 Å². The average Bonchev–Trinajstić information content (AvgIpc) is 2.76. The maximum Gasteiger partial charge on any atom is 0.251 e. The molecule has 0 unspecified atom stereocenters. The van der Waals surface area contributed by atoms with Crippen molar-refractivity contribution < 1.29 is 9.53 Å². The molecule has 3 fully saturated rings. The minimum atomic E-state index is -0.152. The van der Waals surface area contributed by atoms with Crippen LogP contribution >= 0.6 is 23.5 Å². The van der Waals surface area contributed by atoms with Gasteiger partial charge >= 0.3 is 0 Å². The molecule has 0 N–H and O–H groups in total. The van der Waals surface area contributed by atoms with E-state index in [4.69, 9.17) is 4.74 Å². The van der Waals surface area contributed by atoms with Crippen LogP contribution in [0.2, 0.25) is 0 Å². The highest BCUT2D eigenvalue weighted by atomic mass is 32.2. The standard InChI is InChI=1S/C15H26N2O2S2/c18-15(14-3-1-8-19-14)17-5-2-4-16(6-7-17)13-11-20-9-10-21-12-13/h13-14H,1-12H2/t14-/m1/s1. The zero-order valence-electron chi connectivity index (χ0n) is 12.7. The summed E-state index contributed by atoms with van der Waals surface area (Å²) in [7, 11) is 0. The van der Waals surface area contributed by atoms with Gasteiger partial charge in [0.05, 0.1) is 0 Å². The average molecular weight is 331 g/mol. The second-order valence-electron chi connectivity index (χ2n) is 6.02. The van der Waals surface area contributed by atoms with E-state index in [0.29, 0.717) is 6.04 Å². The molecule has 0 aliphatic carbocycles. The molecule has 4 nitrogen and oxygen atoms in total. The number of carbonyl (C=O) groups is 1. The Morgan fingerprint density at radius 2 is 1.81 bits per heavy atom. The SMILES string of the molecule is O=C([C@H]1CCCO1)N1CCCN(C2CSCCSC2)CC1. The molecule has 3 rings (SSSR count). The molecular weight excluding hydrogens is 304 g/mol. The maximum absolute atomic E-state index is 12.5. The first kappa shape index (κ1) is 16.0. The van der Waals surface area contributed by atoms with Crippen LogP contribution in [0.5, 0.6) is 0 Å². The Balaban J connectivity index is 1.52. The van der Waals surface area contributed by atoms with Crippen LogP contribution < -0.4 is 0 Å². The number of ether oxygens (including phenoxy) is 1. The Morgan fingerprint density at radius 3 is 2.52 bits per heavy atom. The van der Waals surface area contributed by atoms with Gasteiger partial charge in [-0.2, -0.15) is 23.5 Å². The molecule has 3 saturated heterocycles. The summed E-state index contributed by atoms with van der Waals surface area (Å²) in [5.41, 5.74) is 0. The summed E-state index contributed by atoms with van der Waals surface area (Å²) in [6.45, 7) is 4.71. The summed E-state index contributed by atoms with van der Waals surface area (Å²) in [6, 6.07) is 0.695. The van der Waals surface area contributed by atoms with E-state index in [1.165, 1.54) is 23.0 Å². The smallest absolute Gasteiger partial charge is 0.251 e. The van der Waals surface area contributed by atoms with Crippen LogP contribution in [0.1, 0.15) is 19.3 Å². The van der Waals surface area contributed by atoms with E-state index in [2.05, 4.69) is 28.4 Å². The number of hydrogen-bond donors (Lipinski definition) is 0. The van der Waals surface area contributed by atoms with Gasteiger partial charge in [0.15, 0.2) is 0 Å². The first-order valence-electron chi connectivity index (χ1n) is 8.14. The van der Waals surface area contributed by atoms with Crippen molar-refractivity contribution in [2.45, 2.75) is 31.4 Å². The molecule has 0 spiro atoms. The lowest BCUT2D eigenvalue weighted by molar-refractivity contribution is -0.140. The molecule has 0 aromatic heterocycles. The van der Waals surface area contributed by atoms with E-state index in [1.54, 1.807) is 0 Å². The van der Waals surface area contributed by atoms with E-state index >= 15 is 0 Å². The number of carbonyl (C=O) groups excluding carboxylic acids is 1. The van der Waals surface area contributed by atoms with Gasteiger partial charge in [-0.05, 0) is 19.3 Å². The summed E-state index contributed by atoms with van der Waals surface area (Å²) < 4.78 is 5.56. The van der Waals surface area contributed by atoms with Crippen LogP contribution in [-0.2, 0) is 9.53 Å². The van der Waals surface area contributed by atoms with Gasteiger partial charge in [-0.3, -0.25) is 9.69 Å². The lowest BCUT2D eigenvalue weighted by Gasteiger charge is -2.29. The van der Waals surface area contributed by atoms with Crippen LogP contribution in [0.25, 0.3) is 0 Å². The quantitative estimate of drug-likeness (QED) is 0.767. The molecule has 0 radical (unpaired) electrons. The fourth-order valence-electron chi connectivity index (χ4n) is 3.31. The third kappa shape index (κ3) is 4.30. The molecule has 1 amide bonds. The van der Waals surface area contributed by atoms with Gasteiger partial charge in [0.2, 0.25) is 0 Å². The maximum atomic E-state index is 12.5. The number of rotatable bonds is 2. The highest BCUT2D eigenvalue weighted by molar-refractivity contribution is 8.03. The molecular formula is C15H26N2O2S2. The summed E-state index contributed by atoms with van der Waals surface area (Å²) in [6.07, 6.45) is 2.90. The van der Waals surface area contributed by atoms with E-state index in [1.807, 2.05) is 4.90 Å². The Kier molecular flexibility index (Phi) is 6.15. The third-order valence-electron chi connectivity index (χ3n) is 4.56. The summed E-state index contributed by atoms with van der Waals surface area (Å²) in [5.74, 6) is 5.33. The molecule has 6 heteroatoms. The van der Waals surface area contributed by atoms with E-state index in [-0.39, 0.29) is 12.0 Å². The van der Waals surface area contributed by atoms with Crippen LogP contribution in [0.4, 0.5) is 0 Å². The van der Waals surface area contributed by atoms with Gasteiger partial charge in [-0.1, -0.05) is 0 Å². The topological polar surface area (TPSA) is 32.8 Å². The molecule has 3 aliphatic rings. The van der Waals surface area contributed by atoms with Gasteiger partial charge in [-0.15, -0.1) is 0 Å². The summed E-state index contributed by atoms with van der Waals surface area (Å²) in [4.78, 5) is 17.1. The molecule has 0 aromatic carbocycles. The predicted molar refractivity (Wildman–Crippen MR) is 90.2 cm³/mol. The zero-order valence-corrected chi connectivity index (χ0v) is 14.3. The number of thioether (sulfide) groups is 2. The van der Waals surface area contributed by atoms with Gasteiger partial charge < -0.3 is 9.64 Å². The first-order valence-corrected chi connectivity index (χ1v) is 10.5. The Bertz CT molecular complexity index is 343. The Hall–Kier alpha value is 0.0900. The number of nitrogens with zero attached hydrogens (tertiary/aromatic N) is 2. The van der Waals surface area contributed by atoms with E-state index in [9.17, 15) is 4.79 Å². The minimum Gasteiger partial charge on any atom is -0.368 e. The van der Waals surface area contributed by atoms with Crippen molar-refractivity contribution in [2.75, 3.05) is 55.8 Å². The van der Waals surface area contributed by atoms with Crippen LogP contribution in [0.3, 0.4) is 0 Å². The van der Waals surface area contributed by atoms with Crippen molar-refractivity contribution >= 4 is 29.4 Å². The third-order valence-corrected chi connectivity index (χ3v) is 7.04. The minimum absolute atomic E-state index is 0.152. The number of amides is 1. The molecule has 21 heavy (non-hydrogen) atoms. The lowest BCUT2D eigenvalue weighted by atomic mass is 10.2. The monoisotopic (exact) mass is 330 g/mol. The lowest BCUT2D eigenvalue weighted by Crippen LogP contribution is -2.43. The van der Waals surface area contributed by atoms with Gasteiger partial charge in [0.1, 0.15) is 6.10 Å². The second-order valence-corrected chi connectivity index (χ2v) is 8.32. The van der Waals surface area contributed by atoms with Crippen LogP contribution in [0, 0.1) is 0 Å². The molecule has 3 aliphatic heterocycles. The van der Waals surface area contributed by atoms with Crippen molar-refractivity contribution in [3.05, 3.63) is 0 Å². The summed E-state index contributed by atoms with van der Waals surface area (Å²) in [5, 5.41) is 0. The molecule has 0 bridgehead atoms. The van der Waals surface area contributed by atoms with Crippen molar-refractivity contribution in [3.8, 4) is 0 Å². The largest absolute Gasteiger partial charge is 0.368 e. The number of hydrogen-bond acceptors (Lipinski definition) is 5. The van der Waals surface area contributed by atoms with Crippen LogP contribution in [0.15, 0.2) is 0 Å². The molecule has 0 saturated carbocycles. The fourth-order valence-corrected chi connectivity index (χ4v) is 5.94. The van der Waals surface area contributed by atoms with Crippen molar-refractivity contribution in [3.63, 3.8) is 0 Å². The molecule has 1 atom stereocenters. The van der Waals surface area contributed by atoms with Crippen molar-refractivity contribution in [1.82, 2.24) is 9.80 Å². The van der Waals surface area contributed by atoms with E-state index < -0.39 is 0 Å². The fraction of sp³-hybridized carbons (Fsp3) is 0.933. The highest BCUT2D eigenvalue weighted by Crippen LogP contribution is 2.22. The Labute approximate surface area is 136 Å². The first-order chi connectivity index (χ1) is 10.3. The Morgan fingerprint density at radius 1 is 1.00 bits per heavy atom. The predicted octanol–water partition coefficient (Wildman–Crippen LogP) is 1.55. The molecule has 3 heterocycles. The normalized spacial score (nSPS) is 30.1. The van der Waals surface area contributed by atoms with E-state index in [0.717, 1.165) is 52.0 Å². The zero-order chi connectivity index (χ0) is 14.5. The van der Waals surface area contributed by atoms with Crippen LogP contribution in [-0.4, -0.2) is 83.7 Å². The van der Waals surface area contributed by atoms with Gasteiger partial charge in [0.25, 0.3) is 5.91 Å². The summed E-state index contributed by atoms with van der Waals surface area (Å²) >= 11 is 4.18. The van der Waals surface area contributed by atoms with Gasteiger partial charge in [-0.25, -0.2) is 0 Å². The highest BCUT2D eigenvalue weighted by Gasteiger charge is 2.30. The van der Waals surface area contributed by atoms with Crippen molar-refractivity contribution in [2.24, 2.45) is 0 Å². The van der Waals surface area contributed by atoms with Gasteiger partial charge in [0, 0.05) is 61.8 Å². The molecule has 120 valence electrons. The molecule has 0 aromatic rings. The second kappa shape index (κ2) is 8.09.